The first kappa shape index (κ1) is 10.8. The largest absolute Gasteiger partial charge is 0.394 e. The summed E-state index contributed by atoms with van der Waals surface area (Å²) in [6, 6.07) is 10.3. The number of H-pyrrole nitrogens is 1. The molecule has 2 rings (SSSR count). The highest BCUT2D eigenvalue weighted by molar-refractivity contribution is 5.78. The van der Waals surface area contributed by atoms with Crippen LogP contribution in [0.25, 0.3) is 10.9 Å². The second kappa shape index (κ2) is 5.42. The molecule has 0 saturated carbocycles. The monoisotopic (exact) mass is 193 g/mol. The highest BCUT2D eigenvalue weighted by Gasteiger charge is 1.86. The van der Waals surface area contributed by atoms with Crippen molar-refractivity contribution in [2.24, 2.45) is 0 Å². The van der Waals surface area contributed by atoms with E-state index in [1.807, 2.05) is 18.3 Å². The lowest BCUT2D eigenvalue weighted by Crippen LogP contribution is -2.03. The van der Waals surface area contributed by atoms with E-state index in [0.29, 0.717) is 0 Å². The predicted octanol–water partition coefficient (Wildman–Crippen LogP) is 1.53. The highest BCUT2D eigenvalue weighted by atomic mass is 16.3. The average molecular weight is 193 g/mol. The Morgan fingerprint density at radius 3 is 2.50 bits per heavy atom. The number of fused-ring (bicyclic) bond motifs is 1. The maximum Gasteiger partial charge on any atom is 0.0742 e. The fraction of sp³-hybridized carbons (Fsp3) is 0.273. The number of para-hydroxylation sites is 1. The number of hydrogen-bond acceptors (Lipinski definition) is 2. The van der Waals surface area contributed by atoms with Gasteiger partial charge in [-0.15, -0.1) is 0 Å². The number of rotatable bonds is 1. The molecule has 0 saturated heterocycles. The second-order valence-electron chi connectivity index (χ2n) is 3.10. The van der Waals surface area contributed by atoms with Crippen molar-refractivity contribution < 1.29 is 10.2 Å². The van der Waals surface area contributed by atoms with Crippen molar-refractivity contribution in [2.45, 2.75) is 13.0 Å². The van der Waals surface area contributed by atoms with Gasteiger partial charge in [0.05, 0.1) is 12.7 Å². The fourth-order valence-electron chi connectivity index (χ4n) is 0.995. The number of nitrogens with one attached hydrogen (secondary N) is 1. The molecule has 0 aliphatic rings. The van der Waals surface area contributed by atoms with Crippen molar-refractivity contribution >= 4 is 10.9 Å². The van der Waals surface area contributed by atoms with Crippen LogP contribution < -0.4 is 0 Å². The normalized spacial score (nSPS) is 11.9. The number of benzene rings is 1. The van der Waals surface area contributed by atoms with Gasteiger partial charge in [-0.25, -0.2) is 0 Å². The summed E-state index contributed by atoms with van der Waals surface area (Å²) in [4.78, 5) is 3.12. The number of aliphatic hydroxyl groups excluding tert-OH is 2. The molecule has 0 radical (unpaired) electrons. The molecule has 0 amide bonds. The van der Waals surface area contributed by atoms with E-state index in [1.165, 1.54) is 17.8 Å². The molecule has 0 aliphatic heterocycles. The molecule has 76 valence electrons. The summed E-state index contributed by atoms with van der Waals surface area (Å²) in [7, 11) is 0. The first-order valence-corrected chi connectivity index (χ1v) is 4.55. The van der Waals surface area contributed by atoms with Crippen LogP contribution in [0.15, 0.2) is 36.5 Å². The molecule has 1 atom stereocenters. The van der Waals surface area contributed by atoms with Gasteiger partial charge in [0.25, 0.3) is 0 Å². The zero-order valence-electron chi connectivity index (χ0n) is 8.14. The minimum absolute atomic E-state index is 0.139. The summed E-state index contributed by atoms with van der Waals surface area (Å²) in [5.41, 5.74) is 1.21. The molecule has 0 spiro atoms. The third-order valence-electron chi connectivity index (χ3n) is 1.73. The molecule has 1 unspecified atom stereocenters. The Bertz CT molecular complexity index is 338. The molecule has 0 aliphatic carbocycles. The van der Waals surface area contributed by atoms with E-state index in [-0.39, 0.29) is 6.61 Å². The van der Waals surface area contributed by atoms with Gasteiger partial charge in [0.2, 0.25) is 0 Å². The minimum atomic E-state index is -0.560. The number of hydrogen-bond donors (Lipinski definition) is 3. The van der Waals surface area contributed by atoms with E-state index >= 15 is 0 Å². The average Bonchev–Trinajstić information content (AvgIpc) is 2.66. The van der Waals surface area contributed by atoms with Crippen molar-refractivity contribution in [3.63, 3.8) is 0 Å². The lowest BCUT2D eigenvalue weighted by Gasteiger charge is -1.90. The summed E-state index contributed by atoms with van der Waals surface area (Å²) in [5.74, 6) is 0. The van der Waals surface area contributed by atoms with Crippen LogP contribution in [0.5, 0.6) is 0 Å². The summed E-state index contributed by atoms with van der Waals surface area (Å²) in [5, 5.41) is 17.3. The summed E-state index contributed by atoms with van der Waals surface area (Å²) < 4.78 is 0. The first-order valence-electron chi connectivity index (χ1n) is 4.55. The molecule has 1 aromatic carbocycles. The van der Waals surface area contributed by atoms with Crippen LogP contribution in [0.4, 0.5) is 0 Å². The van der Waals surface area contributed by atoms with E-state index in [2.05, 4.69) is 23.2 Å². The van der Waals surface area contributed by atoms with E-state index < -0.39 is 6.10 Å². The molecular formula is C11H15NO2. The van der Waals surface area contributed by atoms with Crippen LogP contribution in [0.3, 0.4) is 0 Å². The SMILES string of the molecule is CC(O)CO.c1ccc2[nH]ccc2c1. The highest BCUT2D eigenvalue weighted by Crippen LogP contribution is 2.09. The van der Waals surface area contributed by atoms with Gasteiger partial charge in [-0.1, -0.05) is 18.2 Å². The van der Waals surface area contributed by atoms with Gasteiger partial charge in [0.15, 0.2) is 0 Å². The third kappa shape index (κ3) is 3.20. The Balaban J connectivity index is 0.000000171. The zero-order valence-corrected chi connectivity index (χ0v) is 8.14. The van der Waals surface area contributed by atoms with Crippen LogP contribution in [0.1, 0.15) is 6.92 Å². The molecule has 3 N–H and O–H groups in total. The Kier molecular flexibility index (Phi) is 4.16. The van der Waals surface area contributed by atoms with Gasteiger partial charge in [-0.05, 0) is 24.4 Å². The predicted molar refractivity (Wildman–Crippen MR) is 57.1 cm³/mol. The summed E-state index contributed by atoms with van der Waals surface area (Å²) in [6.45, 7) is 1.39. The standard InChI is InChI=1S/C8H7N.C3H8O2/c1-2-4-8-7(3-1)5-6-9-8;1-3(5)2-4/h1-6,9H;3-5H,2H2,1H3. The Morgan fingerprint density at radius 2 is 1.93 bits per heavy atom. The molecule has 0 bridgehead atoms. The number of aliphatic hydroxyl groups is 2. The van der Waals surface area contributed by atoms with Gasteiger partial charge in [-0.2, -0.15) is 0 Å². The van der Waals surface area contributed by atoms with Crippen LogP contribution >= 0.6 is 0 Å². The summed E-state index contributed by atoms with van der Waals surface area (Å²) in [6.07, 6.45) is 1.39. The molecule has 3 heteroatoms. The van der Waals surface area contributed by atoms with E-state index in [4.69, 9.17) is 10.2 Å². The molecule has 2 aromatic rings. The van der Waals surface area contributed by atoms with Crippen molar-refractivity contribution in [2.75, 3.05) is 6.61 Å². The fourth-order valence-corrected chi connectivity index (χ4v) is 0.995. The summed E-state index contributed by atoms with van der Waals surface area (Å²) >= 11 is 0. The lowest BCUT2D eigenvalue weighted by molar-refractivity contribution is 0.110. The van der Waals surface area contributed by atoms with E-state index in [0.717, 1.165) is 0 Å². The first-order chi connectivity index (χ1) is 6.74. The Hall–Kier alpha value is -1.32. The van der Waals surface area contributed by atoms with Gasteiger partial charge in [0, 0.05) is 11.7 Å². The van der Waals surface area contributed by atoms with Gasteiger partial charge in [0.1, 0.15) is 0 Å². The van der Waals surface area contributed by atoms with Crippen LogP contribution in [0, 0.1) is 0 Å². The van der Waals surface area contributed by atoms with Gasteiger partial charge < -0.3 is 15.2 Å². The maximum absolute atomic E-state index is 8.11. The van der Waals surface area contributed by atoms with E-state index in [1.54, 1.807) is 0 Å². The minimum Gasteiger partial charge on any atom is -0.394 e. The molecule has 1 aromatic heterocycles. The molecule has 1 heterocycles. The van der Waals surface area contributed by atoms with Gasteiger partial charge in [-0.3, -0.25) is 0 Å². The molecule has 14 heavy (non-hydrogen) atoms. The Labute approximate surface area is 83.0 Å². The zero-order chi connectivity index (χ0) is 10.4. The van der Waals surface area contributed by atoms with Crippen LogP contribution in [-0.4, -0.2) is 27.9 Å². The molecular weight excluding hydrogens is 178 g/mol. The Morgan fingerprint density at radius 1 is 1.29 bits per heavy atom. The molecule has 3 nitrogen and oxygen atoms in total. The maximum atomic E-state index is 8.11. The third-order valence-corrected chi connectivity index (χ3v) is 1.73. The van der Waals surface area contributed by atoms with Crippen LogP contribution in [0.2, 0.25) is 0 Å². The molecule has 0 fully saturated rings. The van der Waals surface area contributed by atoms with E-state index in [9.17, 15) is 0 Å². The topological polar surface area (TPSA) is 56.2 Å². The second-order valence-corrected chi connectivity index (χ2v) is 3.10. The number of aromatic amines is 1. The van der Waals surface area contributed by atoms with Crippen LogP contribution in [-0.2, 0) is 0 Å². The van der Waals surface area contributed by atoms with Crippen molar-refractivity contribution in [1.82, 2.24) is 4.98 Å². The quantitative estimate of drug-likeness (QED) is 0.643. The lowest BCUT2D eigenvalue weighted by atomic mass is 10.3. The smallest absolute Gasteiger partial charge is 0.0742 e. The number of aromatic nitrogens is 1. The van der Waals surface area contributed by atoms with Crippen molar-refractivity contribution in [1.29, 1.82) is 0 Å². The van der Waals surface area contributed by atoms with Crippen molar-refractivity contribution in [3.8, 4) is 0 Å². The van der Waals surface area contributed by atoms with Crippen molar-refractivity contribution in [3.05, 3.63) is 36.5 Å². The van der Waals surface area contributed by atoms with Gasteiger partial charge >= 0.3 is 0 Å².